The summed E-state index contributed by atoms with van der Waals surface area (Å²) in [5.74, 6) is 0. The zero-order valence-corrected chi connectivity index (χ0v) is 12.9. The van der Waals surface area contributed by atoms with Crippen LogP contribution in [0.1, 0.15) is 56.6 Å². The quantitative estimate of drug-likeness (QED) is 0.864. The molecule has 0 fully saturated rings. The van der Waals surface area contributed by atoms with Crippen LogP contribution in [0.25, 0.3) is 0 Å². The first-order valence-corrected chi connectivity index (χ1v) is 7.44. The molecule has 0 saturated heterocycles. The molecule has 0 aliphatic heterocycles. The Bertz CT molecular complexity index is 525. The zero-order valence-electron chi connectivity index (χ0n) is 12.9. The summed E-state index contributed by atoms with van der Waals surface area (Å²) >= 11 is 0. The Morgan fingerprint density at radius 1 is 1.15 bits per heavy atom. The summed E-state index contributed by atoms with van der Waals surface area (Å²) in [4.78, 5) is 4.24. The Balaban J connectivity index is 1.97. The van der Waals surface area contributed by atoms with E-state index >= 15 is 0 Å². The summed E-state index contributed by atoms with van der Waals surface area (Å²) in [5, 5.41) is 3.57. The normalized spacial score (nSPS) is 12.8. The minimum atomic E-state index is 0.344. The van der Waals surface area contributed by atoms with Crippen molar-refractivity contribution in [3.8, 4) is 0 Å². The van der Waals surface area contributed by atoms with Crippen LogP contribution in [0.2, 0.25) is 0 Å². The van der Waals surface area contributed by atoms with Gasteiger partial charge in [-0.1, -0.05) is 31.2 Å². The minimum Gasteiger partial charge on any atom is -0.331 e. The van der Waals surface area contributed by atoms with E-state index in [0.717, 1.165) is 13.0 Å². The molecular weight excluding hydrogens is 246 g/mol. The lowest BCUT2D eigenvalue weighted by Crippen LogP contribution is -2.20. The Kier molecular flexibility index (Phi) is 4.96. The molecule has 0 amide bonds. The largest absolute Gasteiger partial charge is 0.331 e. The van der Waals surface area contributed by atoms with Crippen molar-refractivity contribution in [2.24, 2.45) is 0 Å². The van der Waals surface area contributed by atoms with Gasteiger partial charge in [-0.05, 0) is 38.3 Å². The summed E-state index contributed by atoms with van der Waals surface area (Å²) in [6, 6.07) is 9.66. The molecule has 0 bridgehead atoms. The molecule has 0 saturated carbocycles. The molecule has 108 valence electrons. The SMILES string of the molecule is CCc1ccc(C(C)NCc2cncn2C(C)C)cc1. The van der Waals surface area contributed by atoms with E-state index in [9.17, 15) is 0 Å². The summed E-state index contributed by atoms with van der Waals surface area (Å²) < 4.78 is 2.21. The summed E-state index contributed by atoms with van der Waals surface area (Å²) in [6.45, 7) is 9.59. The maximum Gasteiger partial charge on any atom is 0.0951 e. The highest BCUT2D eigenvalue weighted by Crippen LogP contribution is 2.15. The summed E-state index contributed by atoms with van der Waals surface area (Å²) in [7, 11) is 0. The van der Waals surface area contributed by atoms with Gasteiger partial charge in [-0.25, -0.2) is 4.98 Å². The van der Waals surface area contributed by atoms with Gasteiger partial charge in [0.1, 0.15) is 0 Å². The minimum absolute atomic E-state index is 0.344. The van der Waals surface area contributed by atoms with Crippen molar-refractivity contribution in [1.82, 2.24) is 14.9 Å². The molecule has 1 heterocycles. The van der Waals surface area contributed by atoms with Gasteiger partial charge in [-0.15, -0.1) is 0 Å². The average Bonchev–Trinajstić information content (AvgIpc) is 2.93. The molecular formula is C17H25N3. The molecule has 20 heavy (non-hydrogen) atoms. The molecule has 1 aromatic heterocycles. The van der Waals surface area contributed by atoms with Gasteiger partial charge in [0, 0.05) is 24.8 Å². The first-order chi connectivity index (χ1) is 9.61. The highest BCUT2D eigenvalue weighted by molar-refractivity contribution is 5.24. The molecule has 0 aliphatic rings. The predicted molar refractivity (Wildman–Crippen MR) is 83.7 cm³/mol. The van der Waals surface area contributed by atoms with E-state index in [1.54, 1.807) is 0 Å². The van der Waals surface area contributed by atoms with Crippen LogP contribution in [-0.4, -0.2) is 9.55 Å². The fraction of sp³-hybridized carbons (Fsp3) is 0.471. The number of rotatable bonds is 6. The second kappa shape index (κ2) is 6.71. The molecule has 3 heteroatoms. The van der Waals surface area contributed by atoms with Crippen molar-refractivity contribution in [3.05, 3.63) is 53.6 Å². The third-order valence-corrected chi connectivity index (χ3v) is 3.78. The third-order valence-electron chi connectivity index (χ3n) is 3.78. The van der Waals surface area contributed by atoms with Gasteiger partial charge in [-0.2, -0.15) is 0 Å². The van der Waals surface area contributed by atoms with E-state index in [1.165, 1.54) is 16.8 Å². The summed E-state index contributed by atoms with van der Waals surface area (Å²) in [5.41, 5.74) is 3.95. The van der Waals surface area contributed by atoms with E-state index in [0.29, 0.717) is 12.1 Å². The number of benzene rings is 1. The number of hydrogen-bond acceptors (Lipinski definition) is 2. The van der Waals surface area contributed by atoms with Gasteiger partial charge >= 0.3 is 0 Å². The highest BCUT2D eigenvalue weighted by Gasteiger charge is 2.08. The lowest BCUT2D eigenvalue weighted by atomic mass is 10.0. The van der Waals surface area contributed by atoms with Gasteiger partial charge in [-0.3, -0.25) is 0 Å². The zero-order chi connectivity index (χ0) is 14.5. The lowest BCUT2D eigenvalue weighted by molar-refractivity contribution is 0.518. The molecule has 3 nitrogen and oxygen atoms in total. The fourth-order valence-electron chi connectivity index (χ4n) is 2.35. The number of aryl methyl sites for hydroxylation is 1. The first kappa shape index (κ1) is 14.8. The van der Waals surface area contributed by atoms with E-state index in [2.05, 4.69) is 66.8 Å². The van der Waals surface area contributed by atoms with Crippen molar-refractivity contribution in [2.75, 3.05) is 0 Å². The Labute approximate surface area is 122 Å². The molecule has 1 N–H and O–H groups in total. The first-order valence-electron chi connectivity index (χ1n) is 7.44. The third kappa shape index (κ3) is 3.48. The predicted octanol–water partition coefficient (Wildman–Crippen LogP) is 3.88. The van der Waals surface area contributed by atoms with Gasteiger partial charge in [0.2, 0.25) is 0 Å². The summed E-state index contributed by atoms with van der Waals surface area (Å²) in [6.07, 6.45) is 4.94. The van der Waals surface area contributed by atoms with Gasteiger partial charge in [0.25, 0.3) is 0 Å². The number of nitrogens with zero attached hydrogens (tertiary/aromatic N) is 2. The van der Waals surface area contributed by atoms with Crippen molar-refractivity contribution < 1.29 is 0 Å². The van der Waals surface area contributed by atoms with Crippen LogP contribution in [-0.2, 0) is 13.0 Å². The maximum absolute atomic E-state index is 4.24. The van der Waals surface area contributed by atoms with Crippen LogP contribution >= 0.6 is 0 Å². The Morgan fingerprint density at radius 3 is 2.45 bits per heavy atom. The smallest absolute Gasteiger partial charge is 0.0951 e. The van der Waals surface area contributed by atoms with Gasteiger partial charge in [0.15, 0.2) is 0 Å². The molecule has 2 aromatic rings. The molecule has 0 spiro atoms. The topological polar surface area (TPSA) is 29.9 Å². The number of imidazole rings is 1. The monoisotopic (exact) mass is 271 g/mol. The number of nitrogens with one attached hydrogen (secondary N) is 1. The maximum atomic E-state index is 4.24. The Morgan fingerprint density at radius 2 is 1.85 bits per heavy atom. The highest BCUT2D eigenvalue weighted by atomic mass is 15.1. The van der Waals surface area contributed by atoms with Crippen LogP contribution in [0.3, 0.4) is 0 Å². The molecule has 1 aromatic carbocycles. The molecule has 2 rings (SSSR count). The van der Waals surface area contributed by atoms with E-state index in [4.69, 9.17) is 0 Å². The van der Waals surface area contributed by atoms with Crippen molar-refractivity contribution in [2.45, 2.75) is 52.7 Å². The van der Waals surface area contributed by atoms with Crippen molar-refractivity contribution in [1.29, 1.82) is 0 Å². The second-order valence-corrected chi connectivity index (χ2v) is 5.58. The van der Waals surface area contributed by atoms with Crippen LogP contribution in [0.4, 0.5) is 0 Å². The van der Waals surface area contributed by atoms with Gasteiger partial charge < -0.3 is 9.88 Å². The lowest BCUT2D eigenvalue weighted by Gasteiger charge is -2.17. The molecule has 0 aliphatic carbocycles. The van der Waals surface area contributed by atoms with Crippen LogP contribution in [0, 0.1) is 0 Å². The van der Waals surface area contributed by atoms with E-state index < -0.39 is 0 Å². The van der Waals surface area contributed by atoms with Crippen molar-refractivity contribution in [3.63, 3.8) is 0 Å². The number of aromatic nitrogens is 2. The standard InChI is InChI=1S/C17H25N3/c1-5-15-6-8-16(9-7-15)14(4)19-11-17-10-18-12-20(17)13(2)3/h6-10,12-14,19H,5,11H2,1-4H3. The number of hydrogen-bond donors (Lipinski definition) is 1. The van der Waals surface area contributed by atoms with Crippen molar-refractivity contribution >= 4 is 0 Å². The average molecular weight is 271 g/mol. The van der Waals surface area contributed by atoms with E-state index in [1.807, 2.05) is 12.5 Å². The van der Waals surface area contributed by atoms with E-state index in [-0.39, 0.29) is 0 Å². The molecule has 1 atom stereocenters. The van der Waals surface area contributed by atoms with Crippen LogP contribution < -0.4 is 5.32 Å². The molecule has 1 unspecified atom stereocenters. The van der Waals surface area contributed by atoms with Crippen LogP contribution in [0.15, 0.2) is 36.8 Å². The van der Waals surface area contributed by atoms with Crippen LogP contribution in [0.5, 0.6) is 0 Å². The van der Waals surface area contributed by atoms with Gasteiger partial charge in [0.05, 0.1) is 12.0 Å². The Hall–Kier alpha value is -1.61. The molecule has 0 radical (unpaired) electrons. The second-order valence-electron chi connectivity index (χ2n) is 5.58. The fourth-order valence-corrected chi connectivity index (χ4v) is 2.35.